The van der Waals surface area contributed by atoms with Gasteiger partial charge in [0.1, 0.15) is 11.2 Å². The molecule has 5 heterocycles. The Balaban J connectivity index is 1.22. The molecule has 45 heavy (non-hydrogen) atoms. The van der Waals surface area contributed by atoms with Gasteiger partial charge >= 0.3 is 0 Å². The van der Waals surface area contributed by atoms with Crippen LogP contribution in [0.4, 0.5) is 0 Å². The molecule has 3 heteroatoms. The van der Waals surface area contributed by atoms with Gasteiger partial charge in [-0.25, -0.2) is 0 Å². The number of rotatable bonds is 2. The van der Waals surface area contributed by atoms with Gasteiger partial charge in [0.2, 0.25) is 5.69 Å². The van der Waals surface area contributed by atoms with Gasteiger partial charge in [-0.3, -0.25) is 0 Å². The summed E-state index contributed by atoms with van der Waals surface area (Å²) in [5, 5.41) is 2.35. The fourth-order valence-corrected chi connectivity index (χ4v) is 9.12. The fourth-order valence-electron chi connectivity index (χ4n) is 9.12. The summed E-state index contributed by atoms with van der Waals surface area (Å²) >= 11 is 0. The smallest absolute Gasteiger partial charge is 0.213 e. The van der Waals surface area contributed by atoms with E-state index < -0.39 is 0 Å². The number of hydrogen-bond acceptors (Lipinski definition) is 2. The second-order valence-electron chi connectivity index (χ2n) is 13.6. The van der Waals surface area contributed by atoms with Gasteiger partial charge in [-0.05, 0) is 78.1 Å². The van der Waals surface area contributed by atoms with Gasteiger partial charge in [0, 0.05) is 47.8 Å². The van der Waals surface area contributed by atoms with Gasteiger partial charge in [-0.2, -0.15) is 4.57 Å². The first-order valence-corrected chi connectivity index (χ1v) is 16.0. The minimum absolute atomic E-state index is 0.0305. The lowest BCUT2D eigenvalue weighted by Crippen LogP contribution is -2.53. The molecular formula is C42H33N2O+. The SMILES string of the molecule is Cc1ccc(C2=CC3c4c(ccc5c4oc4ccccc45)C(C4C5(C)c6ccccc6-c6cccc[n+]6C45C)=CN3C=C2)cc1. The molecule has 6 aromatic rings. The van der Waals surface area contributed by atoms with Gasteiger partial charge in [0.15, 0.2) is 11.7 Å². The van der Waals surface area contributed by atoms with Crippen LogP contribution in [0.2, 0.25) is 0 Å². The highest BCUT2D eigenvalue weighted by molar-refractivity contribution is 6.07. The Bertz CT molecular complexity index is 2280. The van der Waals surface area contributed by atoms with E-state index >= 15 is 0 Å². The molecule has 4 atom stereocenters. The van der Waals surface area contributed by atoms with Crippen molar-refractivity contribution < 1.29 is 8.98 Å². The maximum absolute atomic E-state index is 6.77. The minimum Gasteiger partial charge on any atom is -0.456 e. The second-order valence-corrected chi connectivity index (χ2v) is 13.6. The summed E-state index contributed by atoms with van der Waals surface area (Å²) in [5.41, 5.74) is 13.5. The molecule has 216 valence electrons. The van der Waals surface area contributed by atoms with Crippen molar-refractivity contribution >= 4 is 33.1 Å². The number of fused-ring (bicyclic) bond motifs is 13. The zero-order valence-corrected chi connectivity index (χ0v) is 25.7. The van der Waals surface area contributed by atoms with E-state index in [-0.39, 0.29) is 22.9 Å². The van der Waals surface area contributed by atoms with Crippen molar-refractivity contribution in [2.75, 3.05) is 0 Å². The van der Waals surface area contributed by atoms with Crippen LogP contribution in [0.3, 0.4) is 0 Å². The van der Waals surface area contributed by atoms with Crippen LogP contribution in [0.5, 0.6) is 0 Å². The summed E-state index contributed by atoms with van der Waals surface area (Å²) in [4.78, 5) is 2.42. The average molecular weight is 582 g/mol. The molecule has 1 aliphatic carbocycles. The molecule has 0 spiro atoms. The van der Waals surface area contributed by atoms with Crippen LogP contribution in [0, 0.1) is 12.8 Å². The second kappa shape index (κ2) is 8.51. The summed E-state index contributed by atoms with van der Waals surface area (Å²) in [6, 6.07) is 37.7. The average Bonchev–Trinajstić information content (AvgIpc) is 3.38. The molecule has 1 saturated carbocycles. The normalized spacial score (nSPS) is 25.5. The van der Waals surface area contributed by atoms with Crippen LogP contribution < -0.4 is 4.57 Å². The number of furan rings is 1. The topological polar surface area (TPSA) is 20.3 Å². The number of allylic oxidation sites excluding steroid dienone is 3. The molecule has 0 radical (unpaired) electrons. The zero-order valence-electron chi connectivity index (χ0n) is 25.7. The van der Waals surface area contributed by atoms with Crippen molar-refractivity contribution in [2.24, 2.45) is 5.92 Å². The van der Waals surface area contributed by atoms with Crippen molar-refractivity contribution in [1.82, 2.24) is 4.90 Å². The van der Waals surface area contributed by atoms with Crippen molar-refractivity contribution in [3.8, 4) is 11.3 Å². The predicted octanol–water partition coefficient (Wildman–Crippen LogP) is 9.47. The number of pyridine rings is 1. The first-order chi connectivity index (χ1) is 22.0. The molecule has 10 rings (SSSR count). The molecule has 4 aromatic carbocycles. The molecule has 0 N–H and O–H groups in total. The van der Waals surface area contributed by atoms with Crippen LogP contribution >= 0.6 is 0 Å². The molecule has 3 nitrogen and oxygen atoms in total. The molecule has 4 unspecified atom stereocenters. The summed E-state index contributed by atoms with van der Waals surface area (Å²) in [7, 11) is 0. The van der Waals surface area contributed by atoms with E-state index in [0.29, 0.717) is 0 Å². The van der Waals surface area contributed by atoms with Crippen molar-refractivity contribution in [3.63, 3.8) is 0 Å². The van der Waals surface area contributed by atoms with Gasteiger partial charge in [0.25, 0.3) is 0 Å². The molecule has 1 fully saturated rings. The number of nitrogens with zero attached hydrogens (tertiary/aromatic N) is 2. The van der Waals surface area contributed by atoms with Crippen LogP contribution in [-0.2, 0) is 11.0 Å². The lowest BCUT2D eigenvalue weighted by molar-refractivity contribution is -0.733. The maximum Gasteiger partial charge on any atom is 0.213 e. The maximum atomic E-state index is 6.77. The van der Waals surface area contributed by atoms with Gasteiger partial charge in [-0.1, -0.05) is 72.3 Å². The van der Waals surface area contributed by atoms with E-state index in [9.17, 15) is 0 Å². The third kappa shape index (κ3) is 3.08. The highest BCUT2D eigenvalue weighted by atomic mass is 16.3. The molecule has 0 saturated heterocycles. The van der Waals surface area contributed by atoms with Crippen molar-refractivity contribution in [3.05, 3.63) is 162 Å². The predicted molar refractivity (Wildman–Crippen MR) is 181 cm³/mol. The molecule has 2 aromatic heterocycles. The van der Waals surface area contributed by atoms with Crippen LogP contribution in [0.15, 0.2) is 138 Å². The Kier molecular flexibility index (Phi) is 4.77. The molecule has 0 bridgehead atoms. The lowest BCUT2D eigenvalue weighted by Gasteiger charge is -2.36. The Morgan fingerprint density at radius 2 is 1.58 bits per heavy atom. The summed E-state index contributed by atoms with van der Waals surface area (Å²) in [6.07, 6.45) is 11.7. The molecule has 3 aliphatic heterocycles. The minimum atomic E-state index is -0.112. The Hall–Kier alpha value is -5.15. The summed E-state index contributed by atoms with van der Waals surface area (Å²) in [6.45, 7) is 7.09. The van der Waals surface area contributed by atoms with Crippen LogP contribution in [-0.4, -0.2) is 4.90 Å². The number of hydrogen-bond donors (Lipinski definition) is 0. The Morgan fingerprint density at radius 1 is 0.778 bits per heavy atom. The van der Waals surface area contributed by atoms with Crippen molar-refractivity contribution in [2.45, 2.75) is 37.8 Å². The van der Waals surface area contributed by atoms with E-state index in [1.165, 1.54) is 61.0 Å². The summed E-state index contributed by atoms with van der Waals surface area (Å²) < 4.78 is 9.32. The third-order valence-electron chi connectivity index (χ3n) is 11.5. The Labute approximate surface area is 263 Å². The van der Waals surface area contributed by atoms with Gasteiger partial charge in [0.05, 0.1) is 22.9 Å². The van der Waals surface area contributed by atoms with E-state index in [2.05, 4.69) is 164 Å². The zero-order chi connectivity index (χ0) is 30.1. The number of aryl methyl sites for hydroxylation is 1. The highest BCUT2D eigenvalue weighted by Gasteiger charge is 2.83. The largest absolute Gasteiger partial charge is 0.456 e. The van der Waals surface area contributed by atoms with E-state index in [1.54, 1.807) is 0 Å². The number of para-hydroxylation sites is 1. The first kappa shape index (κ1) is 25.2. The Morgan fingerprint density at radius 3 is 2.47 bits per heavy atom. The van der Waals surface area contributed by atoms with Crippen LogP contribution in [0.1, 0.15) is 47.7 Å². The lowest BCUT2D eigenvalue weighted by atomic mass is 9.81. The van der Waals surface area contributed by atoms with Gasteiger partial charge < -0.3 is 9.32 Å². The number of aromatic nitrogens is 1. The molecule has 4 aliphatic rings. The fraction of sp³-hybridized carbons (Fsp3) is 0.167. The molecular weight excluding hydrogens is 548 g/mol. The quantitative estimate of drug-likeness (QED) is 0.190. The summed E-state index contributed by atoms with van der Waals surface area (Å²) in [5.74, 6) is 0.275. The monoisotopic (exact) mass is 581 g/mol. The first-order valence-electron chi connectivity index (χ1n) is 16.0. The standard InChI is InChI=1S/C42H33N2O/c1-26-15-17-27(18-16-26)28-21-23-43-25-33(30-19-20-31-29-10-5-7-14-37(29)45-39(31)38(30)36(43)24-28)40-41(2)34-12-6-4-11-32(34)35-13-8-9-22-44(35)42(40,41)3/h4-25,36,40H,1-3H3/q+1. The number of benzene rings is 4. The van der Waals surface area contributed by atoms with Crippen molar-refractivity contribution in [1.29, 1.82) is 0 Å². The van der Waals surface area contributed by atoms with Crippen LogP contribution in [0.25, 0.3) is 44.3 Å². The van der Waals surface area contributed by atoms with E-state index in [4.69, 9.17) is 4.42 Å². The van der Waals surface area contributed by atoms with Gasteiger partial charge in [-0.15, -0.1) is 0 Å². The van der Waals surface area contributed by atoms with E-state index in [1.807, 2.05) is 0 Å². The highest BCUT2D eigenvalue weighted by Crippen LogP contribution is 2.73. The molecule has 0 amide bonds. The van der Waals surface area contributed by atoms with E-state index in [0.717, 1.165) is 11.2 Å². The third-order valence-corrected chi connectivity index (χ3v) is 11.5.